The number of nitrogens with zero attached hydrogens (tertiary/aromatic N) is 1. The molecule has 0 aromatic heterocycles. The standard InChI is InChI=1S/C12H17NO/c1-12(2,3)10-8-14-11(13-10)9-6-4-5-7-9/h4-6,10H,7-8H2,1-3H3/t10-/m1/s1. The Balaban J connectivity index is 2.10. The summed E-state index contributed by atoms with van der Waals surface area (Å²) in [7, 11) is 0. The van der Waals surface area contributed by atoms with E-state index in [9.17, 15) is 0 Å². The number of hydrogen-bond donors (Lipinski definition) is 0. The molecule has 0 radical (unpaired) electrons. The van der Waals surface area contributed by atoms with E-state index in [1.165, 1.54) is 5.57 Å². The highest BCUT2D eigenvalue weighted by atomic mass is 16.5. The maximum atomic E-state index is 5.62. The molecule has 0 spiro atoms. The lowest BCUT2D eigenvalue weighted by Gasteiger charge is -2.21. The van der Waals surface area contributed by atoms with Crippen molar-refractivity contribution in [3.8, 4) is 0 Å². The van der Waals surface area contributed by atoms with Crippen molar-refractivity contribution in [2.24, 2.45) is 10.4 Å². The van der Waals surface area contributed by atoms with Gasteiger partial charge in [-0.2, -0.15) is 0 Å². The molecule has 1 aliphatic heterocycles. The summed E-state index contributed by atoms with van der Waals surface area (Å²) >= 11 is 0. The fourth-order valence-electron chi connectivity index (χ4n) is 1.60. The van der Waals surface area contributed by atoms with E-state index in [0.717, 1.165) is 18.9 Å². The molecule has 0 N–H and O–H groups in total. The van der Waals surface area contributed by atoms with Crippen LogP contribution in [0.4, 0.5) is 0 Å². The molecule has 1 aliphatic carbocycles. The van der Waals surface area contributed by atoms with Crippen LogP contribution in [-0.2, 0) is 4.74 Å². The normalized spacial score (nSPS) is 26.1. The second-order valence-electron chi connectivity index (χ2n) is 4.95. The molecule has 2 nitrogen and oxygen atoms in total. The van der Waals surface area contributed by atoms with E-state index in [1.54, 1.807) is 0 Å². The zero-order valence-corrected chi connectivity index (χ0v) is 9.08. The highest BCUT2D eigenvalue weighted by Crippen LogP contribution is 2.28. The van der Waals surface area contributed by atoms with E-state index < -0.39 is 0 Å². The van der Waals surface area contributed by atoms with Crippen molar-refractivity contribution in [2.75, 3.05) is 6.61 Å². The van der Waals surface area contributed by atoms with E-state index >= 15 is 0 Å². The van der Waals surface area contributed by atoms with E-state index in [0.29, 0.717) is 6.04 Å². The number of ether oxygens (including phenoxy) is 1. The summed E-state index contributed by atoms with van der Waals surface area (Å²) in [6.45, 7) is 7.34. The average molecular weight is 191 g/mol. The van der Waals surface area contributed by atoms with E-state index in [2.05, 4.69) is 44.0 Å². The molecule has 14 heavy (non-hydrogen) atoms. The smallest absolute Gasteiger partial charge is 0.212 e. The van der Waals surface area contributed by atoms with Crippen molar-refractivity contribution in [1.82, 2.24) is 0 Å². The van der Waals surface area contributed by atoms with Crippen molar-refractivity contribution >= 4 is 5.90 Å². The molecular formula is C12H17NO. The summed E-state index contributed by atoms with van der Waals surface area (Å²) in [6.07, 6.45) is 7.25. The van der Waals surface area contributed by atoms with Crippen LogP contribution in [0.5, 0.6) is 0 Å². The Kier molecular flexibility index (Phi) is 2.22. The fraction of sp³-hybridized carbons (Fsp3) is 0.583. The Hall–Kier alpha value is -1.05. The molecule has 2 rings (SSSR count). The minimum atomic E-state index is 0.203. The first-order valence-corrected chi connectivity index (χ1v) is 5.14. The van der Waals surface area contributed by atoms with Crippen LogP contribution in [0.25, 0.3) is 0 Å². The van der Waals surface area contributed by atoms with Gasteiger partial charge in [-0.25, -0.2) is 4.99 Å². The Bertz CT molecular complexity index is 318. The van der Waals surface area contributed by atoms with Crippen LogP contribution in [0.1, 0.15) is 27.2 Å². The number of allylic oxidation sites excluding steroid dienone is 3. The number of aliphatic imine (C=N–C) groups is 1. The molecule has 2 heteroatoms. The van der Waals surface area contributed by atoms with E-state index in [4.69, 9.17) is 4.74 Å². The zero-order chi connectivity index (χ0) is 10.2. The Morgan fingerprint density at radius 3 is 2.71 bits per heavy atom. The van der Waals surface area contributed by atoms with Crippen LogP contribution >= 0.6 is 0 Å². The third-order valence-electron chi connectivity index (χ3n) is 2.70. The molecule has 0 bridgehead atoms. The minimum absolute atomic E-state index is 0.203. The quantitative estimate of drug-likeness (QED) is 0.624. The van der Waals surface area contributed by atoms with Crippen LogP contribution in [0.2, 0.25) is 0 Å². The molecule has 0 saturated heterocycles. The second-order valence-corrected chi connectivity index (χ2v) is 4.95. The van der Waals surface area contributed by atoms with Gasteiger partial charge in [-0.05, 0) is 11.8 Å². The second kappa shape index (κ2) is 3.26. The molecule has 76 valence electrons. The summed E-state index contributed by atoms with van der Waals surface area (Å²) in [5, 5.41) is 0. The molecule has 0 unspecified atom stereocenters. The summed E-state index contributed by atoms with van der Waals surface area (Å²) in [6, 6.07) is 0.305. The molecule has 0 saturated carbocycles. The van der Waals surface area contributed by atoms with Gasteiger partial charge in [0.2, 0.25) is 5.90 Å². The van der Waals surface area contributed by atoms with Gasteiger partial charge < -0.3 is 4.74 Å². The molecule has 1 atom stereocenters. The molecule has 0 aromatic rings. The van der Waals surface area contributed by atoms with Crippen molar-refractivity contribution in [2.45, 2.75) is 33.2 Å². The number of rotatable bonds is 1. The minimum Gasteiger partial charge on any atom is -0.475 e. The Labute approximate surface area is 85.4 Å². The first-order chi connectivity index (χ1) is 6.57. The van der Waals surface area contributed by atoms with Gasteiger partial charge in [0, 0.05) is 5.57 Å². The monoisotopic (exact) mass is 191 g/mol. The zero-order valence-electron chi connectivity index (χ0n) is 9.08. The third kappa shape index (κ3) is 1.74. The SMILES string of the molecule is CC(C)(C)[C@H]1COC(C2=CC=CC2)=N1. The van der Waals surface area contributed by atoms with Crippen LogP contribution in [-0.4, -0.2) is 18.5 Å². The van der Waals surface area contributed by atoms with Gasteiger partial charge in [-0.1, -0.05) is 39.0 Å². The Morgan fingerprint density at radius 2 is 2.21 bits per heavy atom. The lowest BCUT2D eigenvalue weighted by molar-refractivity contribution is 0.235. The van der Waals surface area contributed by atoms with Crippen LogP contribution < -0.4 is 0 Å². The predicted octanol–water partition coefficient (Wildman–Crippen LogP) is 2.72. The summed E-state index contributed by atoms with van der Waals surface area (Å²) in [5.41, 5.74) is 1.42. The summed E-state index contributed by atoms with van der Waals surface area (Å²) in [4.78, 5) is 4.63. The Morgan fingerprint density at radius 1 is 1.43 bits per heavy atom. The van der Waals surface area contributed by atoms with Gasteiger partial charge in [0.25, 0.3) is 0 Å². The average Bonchev–Trinajstić information content (AvgIpc) is 2.73. The lowest BCUT2D eigenvalue weighted by Crippen LogP contribution is -2.25. The topological polar surface area (TPSA) is 21.6 Å². The maximum Gasteiger partial charge on any atom is 0.212 e. The van der Waals surface area contributed by atoms with E-state index in [1.807, 2.05) is 0 Å². The van der Waals surface area contributed by atoms with E-state index in [-0.39, 0.29) is 5.41 Å². The highest BCUT2D eigenvalue weighted by molar-refractivity contribution is 5.95. The van der Waals surface area contributed by atoms with Crippen LogP contribution in [0.3, 0.4) is 0 Å². The maximum absolute atomic E-state index is 5.62. The first-order valence-electron chi connectivity index (χ1n) is 5.14. The van der Waals surface area contributed by atoms with Crippen molar-refractivity contribution in [3.05, 3.63) is 23.8 Å². The summed E-state index contributed by atoms with van der Waals surface area (Å²) < 4.78 is 5.62. The van der Waals surface area contributed by atoms with Gasteiger partial charge in [0.1, 0.15) is 6.61 Å². The largest absolute Gasteiger partial charge is 0.475 e. The summed E-state index contributed by atoms with van der Waals surface area (Å²) in [5.74, 6) is 0.856. The van der Waals surface area contributed by atoms with Crippen molar-refractivity contribution in [1.29, 1.82) is 0 Å². The lowest BCUT2D eigenvalue weighted by atomic mass is 9.88. The van der Waals surface area contributed by atoms with Crippen LogP contribution in [0, 0.1) is 5.41 Å². The highest BCUT2D eigenvalue weighted by Gasteiger charge is 2.31. The van der Waals surface area contributed by atoms with Crippen molar-refractivity contribution < 1.29 is 4.74 Å². The molecular weight excluding hydrogens is 174 g/mol. The molecule has 2 aliphatic rings. The van der Waals surface area contributed by atoms with Crippen LogP contribution in [0.15, 0.2) is 28.8 Å². The molecule has 0 amide bonds. The van der Waals surface area contributed by atoms with Gasteiger partial charge in [0.15, 0.2) is 0 Å². The fourth-order valence-corrected chi connectivity index (χ4v) is 1.60. The van der Waals surface area contributed by atoms with Crippen molar-refractivity contribution in [3.63, 3.8) is 0 Å². The third-order valence-corrected chi connectivity index (χ3v) is 2.70. The van der Waals surface area contributed by atoms with Gasteiger partial charge in [0.05, 0.1) is 6.04 Å². The van der Waals surface area contributed by atoms with Gasteiger partial charge in [-0.15, -0.1) is 0 Å². The van der Waals surface area contributed by atoms with Gasteiger partial charge >= 0.3 is 0 Å². The molecule has 0 aromatic carbocycles. The molecule has 0 fully saturated rings. The van der Waals surface area contributed by atoms with Gasteiger partial charge in [-0.3, -0.25) is 0 Å². The predicted molar refractivity (Wildman–Crippen MR) is 58.5 cm³/mol. The first kappa shape index (κ1) is 9.50. The molecule has 1 heterocycles. The number of hydrogen-bond acceptors (Lipinski definition) is 2.